The summed E-state index contributed by atoms with van der Waals surface area (Å²) in [6, 6.07) is 8.33. The van der Waals surface area contributed by atoms with Gasteiger partial charge >= 0.3 is 0 Å². The predicted molar refractivity (Wildman–Crippen MR) is 117 cm³/mol. The molecule has 0 unspecified atom stereocenters. The van der Waals surface area contributed by atoms with E-state index in [9.17, 15) is 0 Å². The first-order chi connectivity index (χ1) is 14.5. The zero-order valence-corrected chi connectivity index (χ0v) is 17.8. The van der Waals surface area contributed by atoms with E-state index in [1.54, 1.807) is 6.21 Å². The second-order valence-electron chi connectivity index (χ2n) is 6.92. The Morgan fingerprint density at radius 1 is 1.17 bits per heavy atom. The van der Waals surface area contributed by atoms with Gasteiger partial charge in [-0.15, -0.1) is 5.10 Å². The van der Waals surface area contributed by atoms with Crippen molar-refractivity contribution in [2.75, 3.05) is 23.7 Å². The lowest BCUT2D eigenvalue weighted by Gasteiger charge is -2.23. The van der Waals surface area contributed by atoms with Gasteiger partial charge in [-0.1, -0.05) is 31.2 Å². The highest BCUT2D eigenvalue weighted by Crippen LogP contribution is 2.17. The predicted octanol–water partition coefficient (Wildman–Crippen LogP) is 3.01. The Morgan fingerprint density at radius 3 is 2.47 bits per heavy atom. The second-order valence-corrected chi connectivity index (χ2v) is 6.92. The summed E-state index contributed by atoms with van der Waals surface area (Å²) in [5.74, 6) is 0.435. The van der Waals surface area contributed by atoms with Crippen LogP contribution in [0.4, 0.5) is 11.5 Å². The molecule has 0 bridgehead atoms. The molecule has 30 heavy (non-hydrogen) atoms. The Hall–Kier alpha value is -3.56. The Bertz CT molecular complexity index is 1010. The third kappa shape index (κ3) is 4.70. The number of hydrogen-bond acceptors (Lipinski definition) is 9. The quantitative estimate of drug-likeness (QED) is 0.425. The number of benzene rings is 1. The molecule has 0 saturated heterocycles. The van der Waals surface area contributed by atoms with Crippen molar-refractivity contribution in [2.24, 2.45) is 10.2 Å². The van der Waals surface area contributed by atoms with Crippen molar-refractivity contribution >= 4 is 23.4 Å². The van der Waals surface area contributed by atoms with Crippen LogP contribution >= 0.6 is 0 Å². The van der Waals surface area contributed by atoms with E-state index in [1.807, 2.05) is 26.0 Å². The molecule has 3 aromatic rings. The normalized spacial score (nSPS) is 12.1. The smallest absolute Gasteiger partial charge is 0.243 e. The molecular weight excluding hydrogens is 382 g/mol. The summed E-state index contributed by atoms with van der Waals surface area (Å²) in [6.45, 7) is 10.2. The topological polar surface area (TPSA) is 124 Å². The van der Waals surface area contributed by atoms with E-state index in [-0.39, 0.29) is 5.82 Å². The summed E-state index contributed by atoms with van der Waals surface area (Å²) < 4.78 is 6.08. The van der Waals surface area contributed by atoms with Crippen LogP contribution in [0.25, 0.3) is 5.82 Å². The molecule has 0 aliphatic heterocycles. The van der Waals surface area contributed by atoms with Gasteiger partial charge in [-0.2, -0.15) is 14.9 Å². The zero-order valence-electron chi connectivity index (χ0n) is 17.8. The number of anilines is 2. The maximum atomic E-state index is 5.72. The van der Waals surface area contributed by atoms with E-state index in [0.717, 1.165) is 31.5 Å². The Kier molecular flexibility index (Phi) is 6.89. The SMILES string of the molecule is CCCN(CCC)c1ccc(/C=N\N=C(\C)c2nnn(-c3nonc3N)c2C)cc1. The van der Waals surface area contributed by atoms with E-state index in [1.165, 1.54) is 10.4 Å². The largest absolute Gasteiger partial charge is 0.378 e. The van der Waals surface area contributed by atoms with E-state index < -0.39 is 0 Å². The van der Waals surface area contributed by atoms with E-state index in [4.69, 9.17) is 5.73 Å². The molecule has 0 atom stereocenters. The highest BCUT2D eigenvalue weighted by atomic mass is 16.6. The van der Waals surface area contributed by atoms with Crippen LogP contribution in [0.3, 0.4) is 0 Å². The van der Waals surface area contributed by atoms with Gasteiger partial charge in [0.05, 0.1) is 17.6 Å². The standard InChI is InChI=1S/C20H27N9O/c1-5-11-28(12-6-2)17-9-7-16(8-10-17)13-22-23-14(3)18-15(4)29(27-24-18)20-19(21)25-30-26-20/h7-10,13H,5-6,11-12H2,1-4H3,(H2,21,25)/b22-13-,23-14-. The number of hydrogen-bond donors (Lipinski definition) is 1. The van der Waals surface area contributed by atoms with Gasteiger partial charge in [0.25, 0.3) is 0 Å². The Labute approximate surface area is 175 Å². The minimum absolute atomic E-state index is 0.141. The minimum atomic E-state index is 0.141. The summed E-state index contributed by atoms with van der Waals surface area (Å²) >= 11 is 0. The van der Waals surface area contributed by atoms with E-state index >= 15 is 0 Å². The molecule has 0 aliphatic carbocycles. The lowest BCUT2D eigenvalue weighted by Crippen LogP contribution is -2.24. The van der Waals surface area contributed by atoms with E-state index in [0.29, 0.717) is 22.9 Å². The van der Waals surface area contributed by atoms with Gasteiger partial charge in [0.2, 0.25) is 11.6 Å². The molecule has 0 saturated carbocycles. The maximum absolute atomic E-state index is 5.72. The third-order valence-electron chi connectivity index (χ3n) is 4.59. The highest BCUT2D eigenvalue weighted by Gasteiger charge is 2.17. The molecule has 1 aromatic carbocycles. The van der Waals surface area contributed by atoms with Gasteiger partial charge in [0.1, 0.15) is 5.69 Å². The molecule has 10 heteroatoms. The lowest BCUT2D eigenvalue weighted by atomic mass is 10.2. The number of aromatic nitrogens is 5. The molecule has 0 fully saturated rings. The molecular formula is C20H27N9O. The van der Waals surface area contributed by atoms with Crippen molar-refractivity contribution in [1.29, 1.82) is 0 Å². The fourth-order valence-corrected chi connectivity index (χ4v) is 3.11. The van der Waals surface area contributed by atoms with Crippen LogP contribution in [0.5, 0.6) is 0 Å². The molecule has 0 radical (unpaired) electrons. The van der Waals surface area contributed by atoms with Crippen molar-refractivity contribution < 1.29 is 4.63 Å². The molecule has 158 valence electrons. The third-order valence-corrected chi connectivity index (χ3v) is 4.59. The van der Waals surface area contributed by atoms with Crippen LogP contribution in [0, 0.1) is 6.92 Å². The lowest BCUT2D eigenvalue weighted by molar-refractivity contribution is 0.306. The van der Waals surface area contributed by atoms with Crippen LogP contribution in [0.2, 0.25) is 0 Å². The maximum Gasteiger partial charge on any atom is 0.243 e. The van der Waals surface area contributed by atoms with Crippen LogP contribution in [0.1, 0.15) is 50.6 Å². The molecule has 3 rings (SSSR count). The monoisotopic (exact) mass is 409 g/mol. The van der Waals surface area contributed by atoms with Crippen LogP contribution in [-0.4, -0.2) is 50.3 Å². The molecule has 10 nitrogen and oxygen atoms in total. The van der Waals surface area contributed by atoms with Gasteiger partial charge in [0.15, 0.2) is 0 Å². The molecule has 0 aliphatic rings. The molecule has 2 aromatic heterocycles. The van der Waals surface area contributed by atoms with Crippen molar-refractivity contribution in [3.63, 3.8) is 0 Å². The zero-order chi connectivity index (χ0) is 21.5. The first kappa shape index (κ1) is 21.2. The molecule has 0 amide bonds. The average molecular weight is 409 g/mol. The summed E-state index contributed by atoms with van der Waals surface area (Å²) in [5.41, 5.74) is 9.86. The highest BCUT2D eigenvalue weighted by molar-refractivity contribution is 5.98. The first-order valence-corrected chi connectivity index (χ1v) is 9.98. The van der Waals surface area contributed by atoms with Crippen molar-refractivity contribution in [3.8, 4) is 5.82 Å². The van der Waals surface area contributed by atoms with Crippen molar-refractivity contribution in [2.45, 2.75) is 40.5 Å². The number of nitrogens with two attached hydrogens (primary N) is 1. The molecule has 2 N–H and O–H groups in total. The average Bonchev–Trinajstić information content (AvgIpc) is 3.33. The Balaban J connectivity index is 1.71. The summed E-state index contributed by atoms with van der Waals surface area (Å²) in [4.78, 5) is 2.40. The molecule has 2 heterocycles. The first-order valence-electron chi connectivity index (χ1n) is 9.98. The minimum Gasteiger partial charge on any atom is -0.378 e. The second kappa shape index (κ2) is 9.77. The van der Waals surface area contributed by atoms with Crippen molar-refractivity contribution in [3.05, 3.63) is 41.2 Å². The molecule has 0 spiro atoms. The number of nitrogens with zero attached hydrogens (tertiary/aromatic N) is 8. The summed E-state index contributed by atoms with van der Waals surface area (Å²) in [5, 5.41) is 23.9. The van der Waals surface area contributed by atoms with E-state index in [2.05, 4.69) is 66.3 Å². The van der Waals surface area contributed by atoms with Crippen molar-refractivity contribution in [1.82, 2.24) is 25.3 Å². The summed E-state index contributed by atoms with van der Waals surface area (Å²) in [6.07, 6.45) is 3.97. The van der Waals surface area contributed by atoms with Gasteiger partial charge in [-0.3, -0.25) is 0 Å². The summed E-state index contributed by atoms with van der Waals surface area (Å²) in [7, 11) is 0. The number of nitrogen functional groups attached to an aromatic ring is 1. The number of rotatable bonds is 9. The van der Waals surface area contributed by atoms with Gasteiger partial charge in [-0.05, 0) is 54.7 Å². The van der Waals surface area contributed by atoms with Crippen LogP contribution < -0.4 is 10.6 Å². The Morgan fingerprint density at radius 2 is 1.87 bits per heavy atom. The van der Waals surface area contributed by atoms with Gasteiger partial charge in [-0.25, -0.2) is 4.63 Å². The van der Waals surface area contributed by atoms with Crippen LogP contribution in [-0.2, 0) is 0 Å². The van der Waals surface area contributed by atoms with Crippen LogP contribution in [0.15, 0.2) is 39.1 Å². The van der Waals surface area contributed by atoms with Gasteiger partial charge < -0.3 is 10.6 Å². The fraction of sp³-hybridized carbons (Fsp3) is 0.400. The fourth-order valence-electron chi connectivity index (χ4n) is 3.11. The van der Waals surface area contributed by atoms with Gasteiger partial charge in [0, 0.05) is 18.8 Å².